The summed E-state index contributed by atoms with van der Waals surface area (Å²) in [7, 11) is 0. The minimum atomic E-state index is -0.978. The minimum absolute atomic E-state index is 0.237. The number of carbonyl (C=O) groups is 2. The van der Waals surface area contributed by atoms with Crippen LogP contribution in [0.3, 0.4) is 0 Å². The minimum Gasteiger partial charge on any atom is -0.480 e. The van der Waals surface area contributed by atoms with E-state index in [9.17, 15) is 9.59 Å². The van der Waals surface area contributed by atoms with Crippen molar-refractivity contribution in [3.8, 4) is 0 Å². The summed E-state index contributed by atoms with van der Waals surface area (Å²) >= 11 is 0. The van der Waals surface area contributed by atoms with Gasteiger partial charge in [0.15, 0.2) is 0 Å². The van der Waals surface area contributed by atoms with Crippen molar-refractivity contribution in [2.45, 2.75) is 52.5 Å². The molecule has 0 unspecified atom stereocenters. The van der Waals surface area contributed by atoms with Crippen LogP contribution in [0.4, 0.5) is 0 Å². The van der Waals surface area contributed by atoms with Gasteiger partial charge in [-0.2, -0.15) is 0 Å². The summed E-state index contributed by atoms with van der Waals surface area (Å²) in [5, 5.41) is 11.4. The molecule has 0 aliphatic carbocycles. The SMILES string of the molecule is CCCCC=CC(=O)N[C@@H](CC(C)C)C(=O)O. The van der Waals surface area contributed by atoms with Gasteiger partial charge in [0.2, 0.25) is 5.91 Å². The fraction of sp³-hybridized carbons (Fsp3) is 0.692. The number of carboxylic acid groups (broad SMARTS) is 1. The second-order valence-electron chi connectivity index (χ2n) is 4.57. The second kappa shape index (κ2) is 8.79. The number of hydrogen-bond donors (Lipinski definition) is 2. The molecule has 1 atom stereocenters. The predicted molar refractivity (Wildman–Crippen MR) is 67.7 cm³/mol. The topological polar surface area (TPSA) is 66.4 Å². The molecule has 0 radical (unpaired) electrons. The first kappa shape index (κ1) is 15.7. The molecule has 0 fully saturated rings. The van der Waals surface area contributed by atoms with E-state index in [1.807, 2.05) is 13.8 Å². The van der Waals surface area contributed by atoms with E-state index in [0.717, 1.165) is 19.3 Å². The number of nitrogens with one attached hydrogen (secondary N) is 1. The van der Waals surface area contributed by atoms with Crippen molar-refractivity contribution in [3.63, 3.8) is 0 Å². The molecule has 0 aromatic rings. The molecule has 0 aromatic carbocycles. The lowest BCUT2D eigenvalue weighted by molar-refractivity contribution is -0.141. The smallest absolute Gasteiger partial charge is 0.326 e. The number of aliphatic carboxylic acids is 1. The van der Waals surface area contributed by atoms with Crippen molar-refractivity contribution in [1.82, 2.24) is 5.32 Å². The van der Waals surface area contributed by atoms with Gasteiger partial charge in [-0.3, -0.25) is 4.79 Å². The van der Waals surface area contributed by atoms with Crippen molar-refractivity contribution >= 4 is 11.9 Å². The summed E-state index contributed by atoms with van der Waals surface area (Å²) in [6, 6.07) is -0.793. The number of hydrogen-bond acceptors (Lipinski definition) is 2. The third-order valence-electron chi connectivity index (χ3n) is 2.32. The van der Waals surface area contributed by atoms with Gasteiger partial charge in [-0.25, -0.2) is 4.79 Å². The summed E-state index contributed by atoms with van der Waals surface area (Å²) in [4.78, 5) is 22.3. The number of rotatable bonds is 8. The second-order valence-corrected chi connectivity index (χ2v) is 4.57. The van der Waals surface area contributed by atoms with Gasteiger partial charge in [0.25, 0.3) is 0 Å². The maximum Gasteiger partial charge on any atom is 0.326 e. The molecule has 0 aliphatic heterocycles. The average molecular weight is 241 g/mol. The Morgan fingerprint density at radius 3 is 2.47 bits per heavy atom. The third-order valence-corrected chi connectivity index (χ3v) is 2.32. The van der Waals surface area contributed by atoms with Gasteiger partial charge in [-0.15, -0.1) is 0 Å². The first-order valence-electron chi connectivity index (χ1n) is 6.17. The number of unbranched alkanes of at least 4 members (excludes halogenated alkanes) is 2. The molecule has 0 spiro atoms. The molecule has 4 nitrogen and oxygen atoms in total. The number of allylic oxidation sites excluding steroid dienone is 1. The summed E-state index contributed by atoms with van der Waals surface area (Å²) in [5.41, 5.74) is 0. The van der Waals surface area contributed by atoms with E-state index < -0.39 is 12.0 Å². The van der Waals surface area contributed by atoms with Crippen LogP contribution < -0.4 is 5.32 Å². The van der Waals surface area contributed by atoms with Crippen LogP contribution >= 0.6 is 0 Å². The van der Waals surface area contributed by atoms with Crippen LogP contribution in [0.25, 0.3) is 0 Å². The Hall–Kier alpha value is -1.32. The maximum absolute atomic E-state index is 11.4. The van der Waals surface area contributed by atoms with E-state index >= 15 is 0 Å². The molecule has 0 rings (SSSR count). The highest BCUT2D eigenvalue weighted by molar-refractivity contribution is 5.91. The molecule has 0 bridgehead atoms. The molecule has 2 N–H and O–H groups in total. The highest BCUT2D eigenvalue weighted by Crippen LogP contribution is 2.05. The van der Waals surface area contributed by atoms with E-state index in [1.165, 1.54) is 6.08 Å². The van der Waals surface area contributed by atoms with Gasteiger partial charge in [-0.05, 0) is 24.8 Å². The zero-order valence-electron chi connectivity index (χ0n) is 10.9. The molecule has 0 aromatic heterocycles. The Balaban J connectivity index is 4.12. The van der Waals surface area contributed by atoms with E-state index in [4.69, 9.17) is 5.11 Å². The van der Waals surface area contributed by atoms with E-state index in [-0.39, 0.29) is 11.8 Å². The molecule has 4 heteroatoms. The molecule has 0 heterocycles. The molecule has 98 valence electrons. The van der Waals surface area contributed by atoms with Crippen LogP contribution in [0, 0.1) is 5.92 Å². The highest BCUT2D eigenvalue weighted by Gasteiger charge is 2.19. The number of amides is 1. The predicted octanol–water partition coefficient (Wildman–Crippen LogP) is 2.35. The van der Waals surface area contributed by atoms with Crippen molar-refractivity contribution in [1.29, 1.82) is 0 Å². The molecular weight excluding hydrogens is 218 g/mol. The molecule has 1 amide bonds. The first-order valence-corrected chi connectivity index (χ1v) is 6.17. The lowest BCUT2D eigenvalue weighted by Gasteiger charge is -2.15. The fourth-order valence-corrected chi connectivity index (χ4v) is 1.43. The summed E-state index contributed by atoms with van der Waals surface area (Å²) in [6.45, 7) is 5.94. The fourth-order valence-electron chi connectivity index (χ4n) is 1.43. The zero-order chi connectivity index (χ0) is 13.3. The Morgan fingerprint density at radius 1 is 1.35 bits per heavy atom. The first-order chi connectivity index (χ1) is 7.97. The highest BCUT2D eigenvalue weighted by atomic mass is 16.4. The van der Waals surface area contributed by atoms with Gasteiger partial charge in [0, 0.05) is 0 Å². The van der Waals surface area contributed by atoms with Crippen molar-refractivity contribution in [2.24, 2.45) is 5.92 Å². The van der Waals surface area contributed by atoms with Crippen molar-refractivity contribution < 1.29 is 14.7 Å². The molecular formula is C13H23NO3. The Bertz CT molecular complexity index is 272. The number of carbonyl (C=O) groups excluding carboxylic acids is 1. The van der Waals surface area contributed by atoms with E-state index in [2.05, 4.69) is 12.2 Å². The van der Waals surface area contributed by atoms with Crippen LogP contribution in [0.2, 0.25) is 0 Å². The lowest BCUT2D eigenvalue weighted by Crippen LogP contribution is -2.40. The summed E-state index contributed by atoms with van der Waals surface area (Å²) < 4.78 is 0. The van der Waals surface area contributed by atoms with Gasteiger partial charge in [-0.1, -0.05) is 39.7 Å². The van der Waals surface area contributed by atoms with Gasteiger partial charge >= 0.3 is 5.97 Å². The standard InChI is InChI=1S/C13H23NO3/c1-4-5-6-7-8-12(15)14-11(13(16)17)9-10(2)3/h7-8,10-11H,4-6,9H2,1-3H3,(H,14,15)(H,16,17)/t11-/m0/s1. The van der Waals surface area contributed by atoms with Crippen LogP contribution in [0.5, 0.6) is 0 Å². The zero-order valence-corrected chi connectivity index (χ0v) is 10.9. The molecule has 17 heavy (non-hydrogen) atoms. The van der Waals surface area contributed by atoms with Crippen LogP contribution in [-0.2, 0) is 9.59 Å². The monoisotopic (exact) mass is 241 g/mol. The summed E-state index contributed by atoms with van der Waals surface area (Å²) in [5.74, 6) is -1.07. The number of carboxylic acids is 1. The van der Waals surface area contributed by atoms with Crippen LogP contribution in [-0.4, -0.2) is 23.0 Å². The third kappa shape index (κ3) is 8.48. The maximum atomic E-state index is 11.4. The molecule has 0 saturated carbocycles. The normalized spacial score (nSPS) is 12.9. The van der Waals surface area contributed by atoms with Crippen LogP contribution in [0.1, 0.15) is 46.5 Å². The summed E-state index contributed by atoms with van der Waals surface area (Å²) in [6.07, 6.45) is 6.63. The molecule has 0 aliphatic rings. The Labute approximate surface area is 103 Å². The average Bonchev–Trinajstić information content (AvgIpc) is 2.22. The van der Waals surface area contributed by atoms with E-state index in [0.29, 0.717) is 6.42 Å². The van der Waals surface area contributed by atoms with Gasteiger partial charge < -0.3 is 10.4 Å². The quantitative estimate of drug-likeness (QED) is 0.506. The lowest BCUT2D eigenvalue weighted by atomic mass is 10.0. The van der Waals surface area contributed by atoms with Crippen molar-refractivity contribution in [2.75, 3.05) is 0 Å². The largest absolute Gasteiger partial charge is 0.480 e. The van der Waals surface area contributed by atoms with Crippen molar-refractivity contribution in [3.05, 3.63) is 12.2 Å². The van der Waals surface area contributed by atoms with Gasteiger partial charge in [0.05, 0.1) is 0 Å². The molecule has 0 saturated heterocycles. The van der Waals surface area contributed by atoms with Gasteiger partial charge in [0.1, 0.15) is 6.04 Å². The Kier molecular flexibility index (Phi) is 8.11. The van der Waals surface area contributed by atoms with E-state index in [1.54, 1.807) is 6.08 Å². The Morgan fingerprint density at radius 2 is 2.00 bits per heavy atom. The van der Waals surface area contributed by atoms with Crippen LogP contribution in [0.15, 0.2) is 12.2 Å².